The molecule has 106 valence electrons. The van der Waals surface area contributed by atoms with E-state index in [2.05, 4.69) is 10.2 Å². The fourth-order valence-corrected chi connectivity index (χ4v) is 2.62. The van der Waals surface area contributed by atoms with Gasteiger partial charge in [-0.3, -0.25) is 9.36 Å². The summed E-state index contributed by atoms with van der Waals surface area (Å²) >= 11 is 1.38. The molecule has 1 heterocycles. The molecule has 0 atom stereocenters. The Morgan fingerprint density at radius 1 is 1.35 bits per heavy atom. The van der Waals surface area contributed by atoms with Gasteiger partial charge in [0.2, 0.25) is 0 Å². The van der Waals surface area contributed by atoms with E-state index < -0.39 is 5.97 Å². The Bertz CT molecular complexity index is 595. The van der Waals surface area contributed by atoms with Gasteiger partial charge in [0.05, 0.1) is 13.5 Å². The number of thioether (sulfide) groups is 1. The zero-order valence-electron chi connectivity index (χ0n) is 11.2. The molecule has 2 aromatic rings. The summed E-state index contributed by atoms with van der Waals surface area (Å²) in [6.45, 7) is 1.86. The van der Waals surface area contributed by atoms with Gasteiger partial charge >= 0.3 is 5.97 Å². The Hall–Kier alpha value is -2.02. The van der Waals surface area contributed by atoms with Gasteiger partial charge in [-0.25, -0.2) is 0 Å². The molecule has 0 amide bonds. The van der Waals surface area contributed by atoms with Gasteiger partial charge < -0.3 is 9.84 Å². The quantitative estimate of drug-likeness (QED) is 0.822. The standard InChI is InChI=1S/C13H15N3O3S/c1-9-14-15-13(20-8-7-12(17)18)16(9)10-3-5-11(19-2)6-4-10/h3-6H,7-8H2,1-2H3,(H,17,18). The normalized spacial score (nSPS) is 10.5. The number of hydrogen-bond donors (Lipinski definition) is 1. The molecule has 0 aliphatic heterocycles. The summed E-state index contributed by atoms with van der Waals surface area (Å²) in [7, 11) is 1.62. The van der Waals surface area contributed by atoms with Gasteiger partial charge in [-0.05, 0) is 31.2 Å². The van der Waals surface area contributed by atoms with Gasteiger partial charge in [-0.2, -0.15) is 0 Å². The summed E-state index contributed by atoms with van der Waals surface area (Å²) < 4.78 is 7.02. The van der Waals surface area contributed by atoms with Gasteiger partial charge in [0.25, 0.3) is 0 Å². The van der Waals surface area contributed by atoms with Gasteiger partial charge in [0, 0.05) is 11.4 Å². The average molecular weight is 293 g/mol. The molecule has 0 saturated carbocycles. The zero-order chi connectivity index (χ0) is 14.5. The van der Waals surface area contributed by atoms with Crippen molar-refractivity contribution < 1.29 is 14.6 Å². The van der Waals surface area contributed by atoms with E-state index in [1.165, 1.54) is 11.8 Å². The predicted molar refractivity (Wildman–Crippen MR) is 75.6 cm³/mol. The molecule has 2 rings (SSSR count). The lowest BCUT2D eigenvalue weighted by atomic mass is 10.3. The number of nitrogens with zero attached hydrogens (tertiary/aromatic N) is 3. The number of aromatic nitrogens is 3. The molecule has 7 heteroatoms. The van der Waals surface area contributed by atoms with Crippen molar-refractivity contribution in [1.29, 1.82) is 0 Å². The smallest absolute Gasteiger partial charge is 0.304 e. The highest BCUT2D eigenvalue weighted by molar-refractivity contribution is 7.99. The summed E-state index contributed by atoms with van der Waals surface area (Å²) in [4.78, 5) is 10.6. The van der Waals surface area contributed by atoms with Crippen LogP contribution >= 0.6 is 11.8 Å². The maximum absolute atomic E-state index is 10.6. The number of methoxy groups -OCH3 is 1. The number of aliphatic carboxylic acids is 1. The Kier molecular flexibility index (Phi) is 4.62. The molecule has 20 heavy (non-hydrogen) atoms. The maximum Gasteiger partial charge on any atom is 0.304 e. The third-order valence-electron chi connectivity index (χ3n) is 2.67. The molecule has 1 aromatic heterocycles. The monoisotopic (exact) mass is 293 g/mol. The van der Waals surface area contributed by atoms with Crippen LogP contribution in [0.1, 0.15) is 12.2 Å². The lowest BCUT2D eigenvalue weighted by Gasteiger charge is -2.08. The lowest BCUT2D eigenvalue weighted by molar-refractivity contribution is -0.136. The van der Waals surface area contributed by atoms with Crippen molar-refractivity contribution in [1.82, 2.24) is 14.8 Å². The van der Waals surface area contributed by atoms with Crippen molar-refractivity contribution >= 4 is 17.7 Å². The Morgan fingerprint density at radius 2 is 2.05 bits per heavy atom. The summed E-state index contributed by atoms with van der Waals surface area (Å²) in [5, 5.41) is 17.5. The first-order chi connectivity index (χ1) is 9.61. The number of carboxylic acid groups (broad SMARTS) is 1. The first-order valence-corrected chi connectivity index (χ1v) is 7.01. The van der Waals surface area contributed by atoms with Gasteiger partial charge in [-0.15, -0.1) is 10.2 Å². The van der Waals surface area contributed by atoms with Crippen molar-refractivity contribution in [3.05, 3.63) is 30.1 Å². The second-order valence-electron chi connectivity index (χ2n) is 4.06. The van der Waals surface area contributed by atoms with Crippen LogP contribution in [0.2, 0.25) is 0 Å². The number of ether oxygens (including phenoxy) is 1. The molecular weight excluding hydrogens is 278 g/mol. The molecule has 0 spiro atoms. The second kappa shape index (κ2) is 6.42. The van der Waals surface area contributed by atoms with Crippen LogP contribution in [0, 0.1) is 6.92 Å². The predicted octanol–water partition coefficient (Wildman–Crippen LogP) is 2.15. The van der Waals surface area contributed by atoms with Gasteiger partial charge in [-0.1, -0.05) is 11.8 Å². The average Bonchev–Trinajstić information content (AvgIpc) is 2.80. The third kappa shape index (κ3) is 3.30. The summed E-state index contributed by atoms with van der Waals surface area (Å²) in [5.41, 5.74) is 0.922. The van der Waals surface area contributed by atoms with Crippen LogP contribution in [0.3, 0.4) is 0 Å². The van der Waals surface area contributed by atoms with E-state index in [4.69, 9.17) is 9.84 Å². The molecule has 0 bridgehead atoms. The molecule has 0 aliphatic rings. The fraction of sp³-hybridized carbons (Fsp3) is 0.308. The van der Waals surface area contributed by atoms with Crippen LogP contribution < -0.4 is 4.74 Å². The number of carboxylic acids is 1. The van der Waals surface area contributed by atoms with Crippen LogP contribution in [0.25, 0.3) is 5.69 Å². The summed E-state index contributed by atoms with van der Waals surface area (Å²) in [6, 6.07) is 7.55. The summed E-state index contributed by atoms with van der Waals surface area (Å²) in [5.74, 6) is 1.18. The Balaban J connectivity index is 2.21. The van der Waals surface area contributed by atoms with Crippen LogP contribution in [-0.2, 0) is 4.79 Å². The largest absolute Gasteiger partial charge is 0.497 e. The number of hydrogen-bond acceptors (Lipinski definition) is 5. The molecule has 0 fully saturated rings. The molecule has 0 radical (unpaired) electrons. The van der Waals surface area contributed by atoms with E-state index in [-0.39, 0.29) is 6.42 Å². The second-order valence-corrected chi connectivity index (χ2v) is 5.12. The van der Waals surface area contributed by atoms with E-state index >= 15 is 0 Å². The highest BCUT2D eigenvalue weighted by Crippen LogP contribution is 2.23. The first kappa shape index (κ1) is 14.4. The molecule has 1 aromatic carbocycles. The zero-order valence-corrected chi connectivity index (χ0v) is 12.1. The maximum atomic E-state index is 10.6. The number of aryl methyl sites for hydroxylation is 1. The molecule has 0 aliphatic carbocycles. The van der Waals surface area contributed by atoms with E-state index in [1.807, 2.05) is 35.8 Å². The number of rotatable bonds is 6. The SMILES string of the molecule is COc1ccc(-n2c(C)nnc2SCCC(=O)O)cc1. The Labute approximate surface area is 120 Å². The summed E-state index contributed by atoms with van der Waals surface area (Å²) in [6.07, 6.45) is 0.0964. The molecule has 6 nitrogen and oxygen atoms in total. The van der Waals surface area contributed by atoms with Gasteiger partial charge in [0.1, 0.15) is 11.6 Å². The van der Waals surface area contributed by atoms with E-state index in [1.54, 1.807) is 7.11 Å². The van der Waals surface area contributed by atoms with Crippen LogP contribution in [0.4, 0.5) is 0 Å². The third-order valence-corrected chi connectivity index (χ3v) is 3.60. The van der Waals surface area contributed by atoms with Crippen molar-refractivity contribution in [2.45, 2.75) is 18.5 Å². The number of benzene rings is 1. The Morgan fingerprint density at radius 3 is 2.65 bits per heavy atom. The topological polar surface area (TPSA) is 77.2 Å². The van der Waals surface area contributed by atoms with Crippen LogP contribution in [0.15, 0.2) is 29.4 Å². The van der Waals surface area contributed by atoms with Crippen molar-refractivity contribution in [3.8, 4) is 11.4 Å². The first-order valence-electron chi connectivity index (χ1n) is 6.03. The van der Waals surface area contributed by atoms with Crippen molar-refractivity contribution in [2.24, 2.45) is 0 Å². The molecular formula is C13H15N3O3S. The molecule has 0 saturated heterocycles. The van der Waals surface area contributed by atoms with Crippen molar-refractivity contribution in [2.75, 3.05) is 12.9 Å². The molecule has 0 unspecified atom stereocenters. The fourth-order valence-electron chi connectivity index (χ4n) is 1.69. The van der Waals surface area contributed by atoms with Crippen molar-refractivity contribution in [3.63, 3.8) is 0 Å². The highest BCUT2D eigenvalue weighted by atomic mass is 32.2. The van der Waals surface area contributed by atoms with E-state index in [0.29, 0.717) is 10.9 Å². The van der Waals surface area contributed by atoms with E-state index in [9.17, 15) is 4.79 Å². The molecule has 1 N–H and O–H groups in total. The minimum Gasteiger partial charge on any atom is -0.497 e. The lowest BCUT2D eigenvalue weighted by Crippen LogP contribution is -2.01. The van der Waals surface area contributed by atoms with Crippen LogP contribution in [0.5, 0.6) is 5.75 Å². The highest BCUT2D eigenvalue weighted by Gasteiger charge is 2.12. The minimum absolute atomic E-state index is 0.0964. The van der Waals surface area contributed by atoms with Crippen LogP contribution in [-0.4, -0.2) is 38.7 Å². The van der Waals surface area contributed by atoms with Gasteiger partial charge in [0.15, 0.2) is 5.16 Å². The number of carbonyl (C=O) groups is 1. The van der Waals surface area contributed by atoms with E-state index in [0.717, 1.165) is 17.3 Å². The minimum atomic E-state index is -0.815.